The SMILES string of the molecule is COc1cccc(CSc2cccc(N)c2)n1. The molecule has 0 amide bonds. The summed E-state index contributed by atoms with van der Waals surface area (Å²) in [4.78, 5) is 5.50. The van der Waals surface area contributed by atoms with Crippen LogP contribution in [0.4, 0.5) is 5.69 Å². The Morgan fingerprint density at radius 1 is 1.24 bits per heavy atom. The molecule has 4 heteroatoms. The molecule has 0 aliphatic carbocycles. The van der Waals surface area contributed by atoms with Crippen LogP contribution in [0.5, 0.6) is 5.88 Å². The van der Waals surface area contributed by atoms with Crippen molar-refractivity contribution in [3.8, 4) is 5.88 Å². The fourth-order valence-electron chi connectivity index (χ4n) is 1.41. The summed E-state index contributed by atoms with van der Waals surface area (Å²) in [5.74, 6) is 1.45. The monoisotopic (exact) mass is 246 g/mol. The third kappa shape index (κ3) is 3.39. The Morgan fingerprint density at radius 3 is 2.82 bits per heavy atom. The highest BCUT2D eigenvalue weighted by Gasteiger charge is 2.00. The molecule has 2 rings (SSSR count). The van der Waals surface area contributed by atoms with Crippen LogP contribution >= 0.6 is 11.8 Å². The predicted molar refractivity (Wildman–Crippen MR) is 71.2 cm³/mol. The smallest absolute Gasteiger partial charge is 0.213 e. The molecule has 0 radical (unpaired) electrons. The van der Waals surface area contributed by atoms with Gasteiger partial charge in [0, 0.05) is 22.4 Å². The summed E-state index contributed by atoms with van der Waals surface area (Å²) in [5, 5.41) is 0. The van der Waals surface area contributed by atoms with E-state index in [1.165, 1.54) is 0 Å². The first-order valence-corrected chi connectivity index (χ1v) is 6.25. The first kappa shape index (κ1) is 11.8. The van der Waals surface area contributed by atoms with Gasteiger partial charge in [0.25, 0.3) is 0 Å². The molecule has 3 nitrogen and oxygen atoms in total. The first-order valence-electron chi connectivity index (χ1n) is 5.26. The number of benzene rings is 1. The number of ether oxygens (including phenoxy) is 1. The summed E-state index contributed by atoms with van der Waals surface area (Å²) < 4.78 is 5.09. The number of methoxy groups -OCH3 is 1. The van der Waals surface area contributed by atoms with E-state index in [2.05, 4.69) is 4.98 Å². The maximum Gasteiger partial charge on any atom is 0.213 e. The van der Waals surface area contributed by atoms with Crippen molar-refractivity contribution in [1.29, 1.82) is 0 Å². The Labute approximate surface area is 105 Å². The third-order valence-electron chi connectivity index (χ3n) is 2.24. The van der Waals surface area contributed by atoms with Crippen molar-refractivity contribution in [3.05, 3.63) is 48.2 Å². The topological polar surface area (TPSA) is 48.1 Å². The molecular formula is C13H14N2OS. The van der Waals surface area contributed by atoms with Gasteiger partial charge in [0.15, 0.2) is 0 Å². The lowest BCUT2D eigenvalue weighted by atomic mass is 10.3. The van der Waals surface area contributed by atoms with E-state index in [9.17, 15) is 0 Å². The summed E-state index contributed by atoms with van der Waals surface area (Å²) in [6, 6.07) is 13.6. The van der Waals surface area contributed by atoms with Crippen LogP contribution in [0.25, 0.3) is 0 Å². The Hall–Kier alpha value is -1.68. The molecule has 2 aromatic rings. The van der Waals surface area contributed by atoms with Crippen LogP contribution in [0.2, 0.25) is 0 Å². The van der Waals surface area contributed by atoms with Crippen LogP contribution in [-0.2, 0) is 5.75 Å². The molecule has 0 aliphatic rings. The second kappa shape index (κ2) is 5.59. The van der Waals surface area contributed by atoms with E-state index in [1.807, 2.05) is 42.5 Å². The third-order valence-corrected chi connectivity index (χ3v) is 3.26. The van der Waals surface area contributed by atoms with Gasteiger partial charge in [0.05, 0.1) is 12.8 Å². The van der Waals surface area contributed by atoms with E-state index in [1.54, 1.807) is 18.9 Å². The molecule has 0 bridgehead atoms. The van der Waals surface area contributed by atoms with E-state index in [4.69, 9.17) is 10.5 Å². The molecule has 0 unspecified atom stereocenters. The lowest BCUT2D eigenvalue weighted by molar-refractivity contribution is 0.397. The molecule has 17 heavy (non-hydrogen) atoms. The van der Waals surface area contributed by atoms with Crippen molar-refractivity contribution in [2.24, 2.45) is 0 Å². The number of hydrogen-bond donors (Lipinski definition) is 1. The molecule has 0 fully saturated rings. The minimum absolute atomic E-state index is 0.649. The van der Waals surface area contributed by atoms with Crippen LogP contribution in [0.15, 0.2) is 47.4 Å². The van der Waals surface area contributed by atoms with Gasteiger partial charge < -0.3 is 10.5 Å². The summed E-state index contributed by atoms with van der Waals surface area (Å²) in [6.07, 6.45) is 0. The van der Waals surface area contributed by atoms with E-state index in [-0.39, 0.29) is 0 Å². The number of thioether (sulfide) groups is 1. The molecule has 1 aromatic carbocycles. The standard InChI is InChI=1S/C13H14N2OS/c1-16-13-7-3-5-11(15-13)9-17-12-6-2-4-10(14)8-12/h2-8H,9,14H2,1H3. The summed E-state index contributed by atoms with van der Waals surface area (Å²) in [6.45, 7) is 0. The van der Waals surface area contributed by atoms with Crippen molar-refractivity contribution >= 4 is 17.4 Å². The van der Waals surface area contributed by atoms with Crippen LogP contribution in [0.3, 0.4) is 0 Å². The molecule has 88 valence electrons. The number of nitrogens with zero attached hydrogens (tertiary/aromatic N) is 1. The maximum absolute atomic E-state index is 5.72. The average Bonchev–Trinajstić information content (AvgIpc) is 2.37. The zero-order valence-corrected chi connectivity index (χ0v) is 10.4. The second-order valence-electron chi connectivity index (χ2n) is 3.53. The van der Waals surface area contributed by atoms with Gasteiger partial charge in [-0.3, -0.25) is 0 Å². The molecule has 1 heterocycles. The van der Waals surface area contributed by atoms with Gasteiger partial charge in [-0.15, -0.1) is 11.8 Å². The van der Waals surface area contributed by atoms with Crippen molar-refractivity contribution in [3.63, 3.8) is 0 Å². The highest BCUT2D eigenvalue weighted by atomic mass is 32.2. The summed E-state index contributed by atoms with van der Waals surface area (Å²) >= 11 is 1.71. The summed E-state index contributed by atoms with van der Waals surface area (Å²) in [7, 11) is 1.62. The fraction of sp³-hybridized carbons (Fsp3) is 0.154. The number of aromatic nitrogens is 1. The van der Waals surface area contributed by atoms with Crippen LogP contribution in [0, 0.1) is 0 Å². The number of hydrogen-bond acceptors (Lipinski definition) is 4. The molecule has 0 aliphatic heterocycles. The Balaban J connectivity index is 2.02. The molecule has 0 spiro atoms. The normalized spacial score (nSPS) is 10.2. The first-order chi connectivity index (χ1) is 8.28. The van der Waals surface area contributed by atoms with E-state index >= 15 is 0 Å². The predicted octanol–water partition coefficient (Wildman–Crippen LogP) is 2.96. The van der Waals surface area contributed by atoms with Gasteiger partial charge in [-0.1, -0.05) is 12.1 Å². The Bertz CT molecular complexity index is 502. The minimum Gasteiger partial charge on any atom is -0.481 e. The van der Waals surface area contributed by atoms with Crippen LogP contribution < -0.4 is 10.5 Å². The van der Waals surface area contributed by atoms with Gasteiger partial charge in [-0.25, -0.2) is 4.98 Å². The number of nitrogen functional groups attached to an aromatic ring is 1. The van der Waals surface area contributed by atoms with Crippen molar-refractivity contribution in [2.75, 3.05) is 12.8 Å². The highest BCUT2D eigenvalue weighted by molar-refractivity contribution is 7.98. The number of anilines is 1. The van der Waals surface area contributed by atoms with E-state index in [0.717, 1.165) is 22.0 Å². The van der Waals surface area contributed by atoms with Gasteiger partial charge in [0.1, 0.15) is 0 Å². The molecule has 1 aromatic heterocycles. The van der Waals surface area contributed by atoms with Crippen molar-refractivity contribution in [2.45, 2.75) is 10.6 Å². The molecule has 0 atom stereocenters. The van der Waals surface area contributed by atoms with Gasteiger partial charge in [-0.2, -0.15) is 0 Å². The number of rotatable bonds is 4. The highest BCUT2D eigenvalue weighted by Crippen LogP contribution is 2.24. The zero-order valence-electron chi connectivity index (χ0n) is 9.59. The van der Waals surface area contributed by atoms with E-state index < -0.39 is 0 Å². The lowest BCUT2D eigenvalue weighted by Gasteiger charge is -2.04. The Kier molecular flexibility index (Phi) is 3.88. The summed E-state index contributed by atoms with van der Waals surface area (Å²) in [5.41, 5.74) is 7.51. The van der Waals surface area contributed by atoms with Crippen LogP contribution in [0.1, 0.15) is 5.69 Å². The molecule has 2 N–H and O–H groups in total. The maximum atomic E-state index is 5.72. The van der Waals surface area contributed by atoms with Crippen molar-refractivity contribution < 1.29 is 4.74 Å². The van der Waals surface area contributed by atoms with Gasteiger partial charge in [-0.05, 0) is 24.3 Å². The average molecular weight is 246 g/mol. The minimum atomic E-state index is 0.649. The van der Waals surface area contributed by atoms with Gasteiger partial charge >= 0.3 is 0 Å². The Morgan fingerprint density at radius 2 is 2.06 bits per heavy atom. The fourth-order valence-corrected chi connectivity index (χ4v) is 2.28. The molecule has 0 saturated carbocycles. The second-order valence-corrected chi connectivity index (χ2v) is 4.58. The molecule has 0 saturated heterocycles. The van der Waals surface area contributed by atoms with Gasteiger partial charge in [0.2, 0.25) is 5.88 Å². The lowest BCUT2D eigenvalue weighted by Crippen LogP contribution is -1.91. The quantitative estimate of drug-likeness (QED) is 0.665. The number of pyridine rings is 1. The van der Waals surface area contributed by atoms with E-state index in [0.29, 0.717) is 5.88 Å². The number of nitrogens with two attached hydrogens (primary N) is 1. The molecular weight excluding hydrogens is 232 g/mol. The zero-order chi connectivity index (χ0) is 12.1. The van der Waals surface area contributed by atoms with Crippen molar-refractivity contribution in [1.82, 2.24) is 4.98 Å². The van der Waals surface area contributed by atoms with Crippen LogP contribution in [-0.4, -0.2) is 12.1 Å². The largest absolute Gasteiger partial charge is 0.481 e.